The van der Waals surface area contributed by atoms with Crippen molar-refractivity contribution >= 4 is 52.8 Å². The maximum atomic E-state index is 12.4. The van der Waals surface area contributed by atoms with Gasteiger partial charge in [0.15, 0.2) is 5.16 Å². The minimum absolute atomic E-state index is 0.152. The van der Waals surface area contributed by atoms with Crippen LogP contribution in [0.15, 0.2) is 118 Å². The Morgan fingerprint density at radius 1 is 0.854 bits per heavy atom. The predicted octanol–water partition coefficient (Wildman–Crippen LogP) is 7.94. The quantitative estimate of drug-likeness (QED) is 0.0838. The van der Waals surface area contributed by atoms with E-state index in [1.807, 2.05) is 66.7 Å². The molecule has 5 rings (SSSR count). The van der Waals surface area contributed by atoms with E-state index < -0.39 is 10.8 Å². The van der Waals surface area contributed by atoms with Gasteiger partial charge in [-0.3, -0.25) is 14.9 Å². The molecule has 41 heavy (non-hydrogen) atoms. The van der Waals surface area contributed by atoms with Crippen LogP contribution in [0.1, 0.15) is 15.9 Å². The molecule has 0 aliphatic heterocycles. The highest BCUT2D eigenvalue weighted by Crippen LogP contribution is 2.36. The standard InChI is InChI=1S/C30H19Cl2N5O3S/c31-22-12-13-23(24(32)16-22)29(38)36-33-18-19-11-14-28(27(15-19)37(39)40)41-30-34-25(20-7-3-1-4-8-20)17-26(35-30)21-9-5-2-6-10-21/h1-18H,(H,36,38)/b33-18+. The molecule has 0 saturated carbocycles. The summed E-state index contributed by atoms with van der Waals surface area (Å²) in [5, 5.41) is 16.8. The topological polar surface area (TPSA) is 110 Å². The summed E-state index contributed by atoms with van der Waals surface area (Å²) >= 11 is 13.0. The second-order valence-electron chi connectivity index (χ2n) is 8.56. The molecular formula is C30H19Cl2N5O3S. The van der Waals surface area contributed by atoms with Gasteiger partial charge in [-0.1, -0.05) is 89.9 Å². The highest BCUT2D eigenvalue weighted by atomic mass is 35.5. The molecule has 8 nitrogen and oxygen atoms in total. The Bertz CT molecular complexity index is 1710. The average Bonchev–Trinajstić information content (AvgIpc) is 2.98. The van der Waals surface area contributed by atoms with Crippen molar-refractivity contribution < 1.29 is 9.72 Å². The van der Waals surface area contributed by atoms with Crippen LogP contribution in [-0.4, -0.2) is 27.0 Å². The third-order valence-electron chi connectivity index (χ3n) is 5.78. The molecule has 0 saturated heterocycles. The highest BCUT2D eigenvalue weighted by Gasteiger charge is 2.18. The Morgan fingerprint density at radius 2 is 1.49 bits per heavy atom. The molecule has 1 heterocycles. The van der Waals surface area contributed by atoms with Gasteiger partial charge < -0.3 is 0 Å². The number of nitrogens with zero attached hydrogens (tertiary/aromatic N) is 4. The first kappa shape index (κ1) is 28.0. The van der Waals surface area contributed by atoms with Gasteiger partial charge in [0.25, 0.3) is 11.6 Å². The van der Waals surface area contributed by atoms with Gasteiger partial charge in [0.05, 0.1) is 38.0 Å². The van der Waals surface area contributed by atoms with Crippen molar-refractivity contribution in [2.24, 2.45) is 5.10 Å². The monoisotopic (exact) mass is 599 g/mol. The molecule has 0 atom stereocenters. The van der Waals surface area contributed by atoms with Crippen LogP contribution in [-0.2, 0) is 0 Å². The first-order chi connectivity index (χ1) is 19.9. The molecule has 11 heteroatoms. The van der Waals surface area contributed by atoms with Gasteiger partial charge in [-0.15, -0.1) is 0 Å². The summed E-state index contributed by atoms with van der Waals surface area (Å²) in [4.78, 5) is 33.6. The van der Waals surface area contributed by atoms with Crippen LogP contribution in [0.2, 0.25) is 10.0 Å². The fraction of sp³-hybridized carbons (Fsp3) is 0. The number of hydrogen-bond acceptors (Lipinski definition) is 7. The Balaban J connectivity index is 1.41. The van der Waals surface area contributed by atoms with Gasteiger partial charge in [0.1, 0.15) is 0 Å². The van der Waals surface area contributed by atoms with Crippen molar-refractivity contribution in [2.45, 2.75) is 10.1 Å². The maximum absolute atomic E-state index is 12.4. The van der Waals surface area contributed by atoms with E-state index in [0.717, 1.165) is 22.9 Å². The van der Waals surface area contributed by atoms with Crippen molar-refractivity contribution in [3.05, 3.63) is 134 Å². The number of carbonyl (C=O) groups excluding carboxylic acids is 1. The van der Waals surface area contributed by atoms with Gasteiger partial charge >= 0.3 is 0 Å². The molecule has 0 spiro atoms. The lowest BCUT2D eigenvalue weighted by Crippen LogP contribution is -2.18. The van der Waals surface area contributed by atoms with E-state index >= 15 is 0 Å². The van der Waals surface area contributed by atoms with Crippen LogP contribution >= 0.6 is 35.0 Å². The minimum Gasteiger partial charge on any atom is -0.267 e. The van der Waals surface area contributed by atoms with Crippen molar-refractivity contribution in [1.29, 1.82) is 0 Å². The summed E-state index contributed by atoms with van der Waals surface area (Å²) in [5.74, 6) is -0.547. The van der Waals surface area contributed by atoms with E-state index in [4.69, 9.17) is 33.2 Å². The largest absolute Gasteiger partial charge is 0.283 e. The predicted molar refractivity (Wildman–Crippen MR) is 162 cm³/mol. The zero-order valence-electron chi connectivity index (χ0n) is 21.1. The Morgan fingerprint density at radius 3 is 2.07 bits per heavy atom. The van der Waals surface area contributed by atoms with Gasteiger partial charge in [-0.2, -0.15) is 5.10 Å². The average molecular weight is 600 g/mol. The number of hydrazone groups is 1. The number of halogens is 2. The number of aromatic nitrogens is 2. The number of rotatable bonds is 8. The summed E-state index contributed by atoms with van der Waals surface area (Å²) in [6.45, 7) is 0. The summed E-state index contributed by atoms with van der Waals surface area (Å²) in [6, 6.07) is 30.3. The summed E-state index contributed by atoms with van der Waals surface area (Å²) < 4.78 is 0. The number of nitro benzene ring substituents is 1. The van der Waals surface area contributed by atoms with Crippen molar-refractivity contribution in [3.63, 3.8) is 0 Å². The summed E-state index contributed by atoms with van der Waals surface area (Å²) in [6.07, 6.45) is 1.31. The first-order valence-corrected chi connectivity index (χ1v) is 13.7. The number of nitrogens with one attached hydrogen (secondary N) is 1. The minimum atomic E-state index is -0.547. The second kappa shape index (κ2) is 12.7. The zero-order valence-corrected chi connectivity index (χ0v) is 23.4. The van der Waals surface area contributed by atoms with E-state index in [9.17, 15) is 14.9 Å². The molecule has 0 bridgehead atoms. The molecule has 202 valence electrons. The molecule has 5 aromatic rings. The van der Waals surface area contributed by atoms with Gasteiger partial charge in [0.2, 0.25) is 0 Å². The molecule has 1 aromatic heterocycles. The number of nitro groups is 1. The summed E-state index contributed by atoms with van der Waals surface area (Å²) in [7, 11) is 0. The number of amides is 1. The third kappa shape index (κ3) is 6.96. The van der Waals surface area contributed by atoms with Crippen molar-refractivity contribution in [1.82, 2.24) is 15.4 Å². The number of benzene rings is 4. The van der Waals surface area contributed by atoms with Crippen LogP contribution in [0.4, 0.5) is 5.69 Å². The van der Waals surface area contributed by atoms with Crippen molar-refractivity contribution in [3.8, 4) is 22.5 Å². The van der Waals surface area contributed by atoms with E-state index in [1.165, 1.54) is 30.5 Å². The Kier molecular flexibility index (Phi) is 8.69. The lowest BCUT2D eigenvalue weighted by Gasteiger charge is -2.09. The van der Waals surface area contributed by atoms with Crippen molar-refractivity contribution in [2.75, 3.05) is 0 Å². The van der Waals surface area contributed by atoms with Gasteiger partial charge in [-0.05, 0) is 42.1 Å². The number of hydrogen-bond donors (Lipinski definition) is 1. The first-order valence-electron chi connectivity index (χ1n) is 12.1. The van der Waals surface area contributed by atoms with Crippen LogP contribution in [0.25, 0.3) is 22.5 Å². The lowest BCUT2D eigenvalue weighted by molar-refractivity contribution is -0.387. The molecule has 1 amide bonds. The smallest absolute Gasteiger partial charge is 0.267 e. The fourth-order valence-corrected chi connectivity index (χ4v) is 5.18. The lowest BCUT2D eigenvalue weighted by atomic mass is 10.1. The number of carbonyl (C=O) groups is 1. The second-order valence-corrected chi connectivity index (χ2v) is 10.4. The van der Waals surface area contributed by atoms with E-state index in [0.29, 0.717) is 32.0 Å². The van der Waals surface area contributed by atoms with Crippen LogP contribution in [0.5, 0.6) is 0 Å². The van der Waals surface area contributed by atoms with Gasteiger partial charge in [-0.25, -0.2) is 15.4 Å². The Hall–Kier alpha value is -4.57. The van der Waals surface area contributed by atoms with Gasteiger partial charge in [0, 0.05) is 27.8 Å². The molecule has 0 aliphatic rings. The van der Waals surface area contributed by atoms with Crippen LogP contribution < -0.4 is 5.43 Å². The molecule has 0 fully saturated rings. The molecule has 0 unspecified atom stereocenters. The third-order valence-corrected chi connectivity index (χ3v) is 7.26. The molecule has 0 radical (unpaired) electrons. The molecular weight excluding hydrogens is 581 g/mol. The fourth-order valence-electron chi connectivity index (χ4n) is 3.83. The van der Waals surface area contributed by atoms with Crippen LogP contribution in [0.3, 0.4) is 0 Å². The Labute approximate surface area is 249 Å². The molecule has 1 N–H and O–H groups in total. The normalized spacial score (nSPS) is 11.0. The molecule has 4 aromatic carbocycles. The van der Waals surface area contributed by atoms with Crippen LogP contribution in [0, 0.1) is 10.1 Å². The van der Waals surface area contributed by atoms with E-state index in [1.54, 1.807) is 12.1 Å². The molecule has 0 aliphatic carbocycles. The highest BCUT2D eigenvalue weighted by molar-refractivity contribution is 7.99. The van der Waals surface area contributed by atoms with E-state index in [2.05, 4.69) is 10.5 Å². The zero-order chi connectivity index (χ0) is 28.8. The summed E-state index contributed by atoms with van der Waals surface area (Å²) in [5.41, 5.74) is 6.01. The van der Waals surface area contributed by atoms with E-state index in [-0.39, 0.29) is 16.3 Å². The maximum Gasteiger partial charge on any atom is 0.283 e. The SMILES string of the molecule is O=C(N/N=C/c1ccc(Sc2nc(-c3ccccc3)cc(-c3ccccc3)n2)c([N+](=O)[O-])c1)c1ccc(Cl)cc1Cl.